The third-order valence-electron chi connectivity index (χ3n) is 3.06. The Balaban J connectivity index is 0.000000220. The van der Waals surface area contributed by atoms with Crippen molar-refractivity contribution in [2.45, 2.75) is 53.1 Å². The standard InChI is InChI=1S/C8H13IN2.C7H11IN2O/c1-3-4-5-11-6-8(9)7(2)10-11;1-6-7(8)5-10(9-6)3-2-4-11/h6H,3-5H2,1-2H3;5,11H,2-4H2,1H3. The molecule has 2 aromatic heterocycles. The Labute approximate surface area is 159 Å². The van der Waals surface area contributed by atoms with Gasteiger partial charge < -0.3 is 5.11 Å². The highest BCUT2D eigenvalue weighted by Crippen LogP contribution is 2.09. The Kier molecular flexibility index (Phi) is 9.57. The van der Waals surface area contributed by atoms with Gasteiger partial charge in [0.2, 0.25) is 0 Å². The minimum Gasteiger partial charge on any atom is -0.396 e. The van der Waals surface area contributed by atoms with Gasteiger partial charge in [-0.05, 0) is 71.9 Å². The summed E-state index contributed by atoms with van der Waals surface area (Å²) in [5, 5.41) is 17.2. The Morgan fingerprint density at radius 2 is 1.41 bits per heavy atom. The molecular formula is C15H24I2N4O. The van der Waals surface area contributed by atoms with Crippen molar-refractivity contribution in [3.05, 3.63) is 30.9 Å². The van der Waals surface area contributed by atoms with Crippen molar-refractivity contribution in [3.63, 3.8) is 0 Å². The number of hydrogen-bond donors (Lipinski definition) is 1. The Morgan fingerprint density at radius 3 is 1.73 bits per heavy atom. The molecule has 0 saturated carbocycles. The molecule has 0 fully saturated rings. The van der Waals surface area contributed by atoms with E-state index < -0.39 is 0 Å². The largest absolute Gasteiger partial charge is 0.396 e. The highest BCUT2D eigenvalue weighted by atomic mass is 127. The summed E-state index contributed by atoms with van der Waals surface area (Å²) in [4.78, 5) is 0. The molecule has 0 aliphatic heterocycles. The van der Waals surface area contributed by atoms with Crippen LogP contribution in [-0.2, 0) is 13.1 Å². The van der Waals surface area contributed by atoms with Gasteiger partial charge in [-0.1, -0.05) is 13.3 Å². The second-order valence-corrected chi connectivity index (χ2v) is 7.41. The molecule has 0 spiro atoms. The lowest BCUT2D eigenvalue weighted by Gasteiger charge is -1.96. The number of halogens is 2. The van der Waals surface area contributed by atoms with Gasteiger partial charge in [-0.15, -0.1) is 0 Å². The van der Waals surface area contributed by atoms with Gasteiger partial charge in [0.25, 0.3) is 0 Å². The number of aliphatic hydroxyl groups is 1. The molecule has 2 heterocycles. The quantitative estimate of drug-likeness (QED) is 0.579. The van der Waals surface area contributed by atoms with Crippen molar-refractivity contribution in [1.82, 2.24) is 19.6 Å². The summed E-state index contributed by atoms with van der Waals surface area (Å²) in [5.74, 6) is 0. The fourth-order valence-corrected chi connectivity index (χ4v) is 2.63. The Bertz CT molecular complexity index is 477. The fraction of sp³-hybridized carbons (Fsp3) is 0.600. The van der Waals surface area contributed by atoms with Gasteiger partial charge in [-0.3, -0.25) is 9.36 Å². The number of aromatic nitrogens is 4. The predicted molar refractivity (Wildman–Crippen MR) is 106 cm³/mol. The van der Waals surface area contributed by atoms with E-state index >= 15 is 0 Å². The van der Waals surface area contributed by atoms with Crippen LogP contribution in [-0.4, -0.2) is 31.3 Å². The maximum Gasteiger partial charge on any atom is 0.0727 e. The van der Waals surface area contributed by atoms with Crippen LogP contribution >= 0.6 is 45.2 Å². The number of unbranched alkanes of at least 4 members (excludes halogenated alkanes) is 1. The zero-order chi connectivity index (χ0) is 16.5. The zero-order valence-corrected chi connectivity index (χ0v) is 17.7. The average Bonchev–Trinajstić information content (AvgIpc) is 2.98. The van der Waals surface area contributed by atoms with E-state index in [0.717, 1.165) is 30.9 Å². The lowest BCUT2D eigenvalue weighted by molar-refractivity contribution is 0.277. The van der Waals surface area contributed by atoms with Crippen LogP contribution in [0.1, 0.15) is 37.6 Å². The molecule has 0 aromatic carbocycles. The first-order valence-corrected chi connectivity index (χ1v) is 9.63. The minimum atomic E-state index is 0.232. The van der Waals surface area contributed by atoms with Gasteiger partial charge in [0.05, 0.1) is 18.5 Å². The summed E-state index contributed by atoms with van der Waals surface area (Å²) in [5.41, 5.74) is 2.20. The van der Waals surface area contributed by atoms with E-state index in [1.807, 2.05) is 29.4 Å². The van der Waals surface area contributed by atoms with E-state index in [1.165, 1.54) is 20.0 Å². The molecule has 22 heavy (non-hydrogen) atoms. The molecule has 2 aromatic rings. The predicted octanol–water partition coefficient (Wildman–Crippen LogP) is 3.77. The van der Waals surface area contributed by atoms with Crippen LogP contribution in [0.15, 0.2) is 12.4 Å². The van der Waals surface area contributed by atoms with Gasteiger partial charge in [0, 0.05) is 32.1 Å². The number of hydrogen-bond acceptors (Lipinski definition) is 3. The van der Waals surface area contributed by atoms with Crippen molar-refractivity contribution < 1.29 is 5.11 Å². The molecule has 1 N–H and O–H groups in total. The van der Waals surface area contributed by atoms with Crippen LogP contribution in [0.5, 0.6) is 0 Å². The van der Waals surface area contributed by atoms with Gasteiger partial charge in [0.15, 0.2) is 0 Å². The molecule has 0 aliphatic rings. The smallest absolute Gasteiger partial charge is 0.0727 e. The molecule has 0 unspecified atom stereocenters. The monoisotopic (exact) mass is 530 g/mol. The topological polar surface area (TPSA) is 55.9 Å². The van der Waals surface area contributed by atoms with Crippen LogP contribution in [0, 0.1) is 21.0 Å². The van der Waals surface area contributed by atoms with E-state index in [4.69, 9.17) is 5.11 Å². The summed E-state index contributed by atoms with van der Waals surface area (Å²) < 4.78 is 6.34. The van der Waals surface area contributed by atoms with Crippen molar-refractivity contribution in [3.8, 4) is 0 Å². The van der Waals surface area contributed by atoms with Crippen LogP contribution in [0.4, 0.5) is 0 Å². The van der Waals surface area contributed by atoms with Gasteiger partial charge in [-0.25, -0.2) is 0 Å². The summed E-state index contributed by atoms with van der Waals surface area (Å²) in [7, 11) is 0. The molecule has 5 nitrogen and oxygen atoms in total. The van der Waals surface area contributed by atoms with Crippen molar-refractivity contribution in [1.29, 1.82) is 0 Å². The molecule has 0 saturated heterocycles. The maximum absolute atomic E-state index is 8.56. The highest BCUT2D eigenvalue weighted by molar-refractivity contribution is 14.1. The first-order valence-electron chi connectivity index (χ1n) is 7.47. The van der Waals surface area contributed by atoms with E-state index in [-0.39, 0.29) is 6.61 Å². The van der Waals surface area contributed by atoms with Crippen LogP contribution in [0.3, 0.4) is 0 Å². The molecule has 2 rings (SSSR count). The summed E-state index contributed by atoms with van der Waals surface area (Å²) >= 11 is 4.56. The van der Waals surface area contributed by atoms with E-state index in [1.54, 1.807) is 0 Å². The number of aliphatic hydroxyl groups excluding tert-OH is 1. The SMILES string of the molecule is CCCCn1cc(I)c(C)n1.Cc1nn(CCCO)cc1I. The lowest BCUT2D eigenvalue weighted by Crippen LogP contribution is -2.00. The summed E-state index contributed by atoms with van der Waals surface area (Å²) in [6.45, 7) is 8.32. The van der Waals surface area contributed by atoms with Gasteiger partial charge in [0.1, 0.15) is 0 Å². The Morgan fingerprint density at radius 1 is 0.955 bits per heavy atom. The van der Waals surface area contributed by atoms with E-state index in [2.05, 4.69) is 68.5 Å². The summed E-state index contributed by atoms with van der Waals surface area (Å²) in [6, 6.07) is 0. The molecule has 0 atom stereocenters. The highest BCUT2D eigenvalue weighted by Gasteiger charge is 2.00. The molecule has 0 bridgehead atoms. The van der Waals surface area contributed by atoms with Gasteiger partial charge in [-0.2, -0.15) is 10.2 Å². The maximum atomic E-state index is 8.56. The number of nitrogens with zero attached hydrogens (tertiary/aromatic N) is 4. The van der Waals surface area contributed by atoms with Gasteiger partial charge >= 0.3 is 0 Å². The van der Waals surface area contributed by atoms with E-state index in [0.29, 0.717) is 0 Å². The molecule has 0 amide bonds. The molecule has 0 aliphatic carbocycles. The zero-order valence-electron chi connectivity index (χ0n) is 13.4. The molecular weight excluding hydrogens is 506 g/mol. The average molecular weight is 530 g/mol. The normalized spacial score (nSPS) is 10.5. The fourth-order valence-electron chi connectivity index (χ4n) is 1.77. The summed E-state index contributed by atoms with van der Waals surface area (Å²) in [6.07, 6.45) is 7.32. The first kappa shape index (κ1) is 19.9. The molecule has 124 valence electrons. The molecule has 7 heteroatoms. The minimum absolute atomic E-state index is 0.232. The van der Waals surface area contributed by atoms with Crippen molar-refractivity contribution >= 4 is 45.2 Å². The lowest BCUT2D eigenvalue weighted by atomic mass is 10.3. The number of rotatable bonds is 6. The third-order valence-corrected chi connectivity index (χ3v) is 5.18. The Hall–Kier alpha value is -0.160. The van der Waals surface area contributed by atoms with Crippen LogP contribution in [0.2, 0.25) is 0 Å². The second-order valence-electron chi connectivity index (χ2n) is 5.08. The van der Waals surface area contributed by atoms with Crippen molar-refractivity contribution in [2.75, 3.05) is 6.61 Å². The number of aryl methyl sites for hydroxylation is 4. The van der Waals surface area contributed by atoms with Crippen LogP contribution in [0.25, 0.3) is 0 Å². The van der Waals surface area contributed by atoms with Crippen LogP contribution < -0.4 is 0 Å². The third kappa shape index (κ3) is 6.95. The second kappa shape index (κ2) is 10.6. The van der Waals surface area contributed by atoms with E-state index in [9.17, 15) is 0 Å². The first-order chi connectivity index (χ1) is 10.5. The van der Waals surface area contributed by atoms with Crippen molar-refractivity contribution in [2.24, 2.45) is 0 Å². The molecule has 0 radical (unpaired) electrons.